The van der Waals surface area contributed by atoms with E-state index in [2.05, 4.69) is 32.6 Å². The third kappa shape index (κ3) is 11.2. The first-order valence-corrected chi connectivity index (χ1v) is 22.9. The molecule has 6 atom stereocenters. The van der Waals surface area contributed by atoms with Crippen LogP contribution in [0.4, 0.5) is 10.5 Å². The zero-order valence-electron chi connectivity index (χ0n) is 38.4. The molecule has 3 aliphatic rings. The van der Waals surface area contributed by atoms with Crippen LogP contribution in [-0.2, 0) is 20.9 Å². The van der Waals surface area contributed by atoms with Crippen molar-refractivity contribution >= 4 is 17.5 Å². The summed E-state index contributed by atoms with van der Waals surface area (Å²) in [6, 6.07) is 17.4. The molecule has 2 N–H and O–H groups in total. The maximum Gasteiger partial charge on any atom is 0.410 e. The van der Waals surface area contributed by atoms with E-state index < -0.39 is 28.8 Å². The smallest absolute Gasteiger partial charge is 0.410 e. The Morgan fingerprint density at radius 3 is 2.36 bits per heavy atom. The van der Waals surface area contributed by atoms with E-state index in [-0.39, 0.29) is 68.3 Å². The van der Waals surface area contributed by atoms with Crippen molar-refractivity contribution in [3.05, 3.63) is 117 Å². The zero-order chi connectivity index (χ0) is 46.0. The van der Waals surface area contributed by atoms with Gasteiger partial charge < -0.3 is 34.0 Å². The number of aliphatic hydroxyl groups is 2. The van der Waals surface area contributed by atoms with E-state index in [0.29, 0.717) is 48.6 Å². The molecule has 0 spiro atoms. The molecule has 0 unspecified atom stereocenters. The first kappa shape index (κ1) is 48.2. The van der Waals surface area contributed by atoms with Crippen LogP contribution < -0.4 is 9.47 Å². The van der Waals surface area contributed by atoms with Crippen LogP contribution in [0.5, 0.6) is 17.2 Å². The Morgan fingerprint density at radius 2 is 1.70 bits per heavy atom. The van der Waals surface area contributed by atoms with Crippen molar-refractivity contribution in [3.8, 4) is 17.2 Å². The molecule has 1 amide bonds. The maximum atomic E-state index is 14.5. The molecule has 13 nitrogen and oxygen atoms in total. The number of aliphatic hydroxyl groups excluding tert-OH is 2. The van der Waals surface area contributed by atoms with Crippen molar-refractivity contribution < 1.29 is 43.7 Å². The van der Waals surface area contributed by atoms with Crippen LogP contribution in [-0.4, -0.2) is 76.6 Å². The lowest BCUT2D eigenvalue weighted by molar-refractivity contribution is -0.384. The molecule has 6 rings (SSSR count). The van der Waals surface area contributed by atoms with Gasteiger partial charge in [-0.15, -0.1) is 6.58 Å². The minimum Gasteiger partial charge on any atom is -0.459 e. The van der Waals surface area contributed by atoms with Gasteiger partial charge in [0.1, 0.15) is 29.9 Å². The van der Waals surface area contributed by atoms with Gasteiger partial charge in [-0.3, -0.25) is 15.0 Å². The van der Waals surface area contributed by atoms with E-state index >= 15 is 0 Å². The number of allylic oxidation sites excluding steroid dienone is 1. The van der Waals surface area contributed by atoms with Crippen LogP contribution in [0, 0.1) is 47.1 Å². The Hall–Kier alpha value is -5.24. The highest BCUT2D eigenvalue weighted by molar-refractivity contribution is 6.03. The number of nitrogens with zero attached hydrogens (tertiary/aromatic N) is 3. The number of ether oxygens (including phenoxy) is 4. The van der Waals surface area contributed by atoms with Gasteiger partial charge in [-0.25, -0.2) is 4.79 Å². The number of hydrogen-bond acceptors (Lipinski definition) is 11. The van der Waals surface area contributed by atoms with Crippen LogP contribution >= 0.6 is 0 Å². The summed E-state index contributed by atoms with van der Waals surface area (Å²) in [5.74, 6) is -0.139. The Balaban J connectivity index is 1.57. The second kappa shape index (κ2) is 21.6. The molecule has 2 aliphatic carbocycles. The average Bonchev–Trinajstić information content (AvgIpc) is 3.26. The average molecular weight is 882 g/mol. The minimum atomic E-state index is -1.44. The van der Waals surface area contributed by atoms with E-state index in [9.17, 15) is 25.1 Å². The van der Waals surface area contributed by atoms with Gasteiger partial charge in [0.05, 0.1) is 29.8 Å². The number of rotatable bonds is 21. The largest absolute Gasteiger partial charge is 0.459 e. The first-order chi connectivity index (χ1) is 30.7. The van der Waals surface area contributed by atoms with E-state index in [4.69, 9.17) is 28.9 Å². The number of carbonyl (C=O) groups excluding carboxylic acids is 1. The number of benzene rings is 3. The van der Waals surface area contributed by atoms with Crippen molar-refractivity contribution in [2.75, 3.05) is 33.0 Å². The van der Waals surface area contributed by atoms with Gasteiger partial charge in [0.15, 0.2) is 0 Å². The van der Waals surface area contributed by atoms with Gasteiger partial charge in [-0.1, -0.05) is 63.9 Å². The van der Waals surface area contributed by atoms with Gasteiger partial charge in [0.25, 0.3) is 5.69 Å². The lowest BCUT2D eigenvalue weighted by Gasteiger charge is -2.60. The fraction of sp³-hybridized carbons (Fsp3) is 0.529. The number of fused-ring (bicyclic) bond motifs is 2. The molecular weight excluding hydrogens is 815 g/mol. The second-order valence-corrected chi connectivity index (χ2v) is 18.6. The number of nitro benzene ring substituents is 1. The lowest BCUT2D eigenvalue weighted by Crippen LogP contribution is -2.70. The van der Waals surface area contributed by atoms with E-state index in [0.717, 1.165) is 48.1 Å². The van der Waals surface area contributed by atoms with Crippen molar-refractivity contribution in [1.82, 2.24) is 4.90 Å². The minimum absolute atomic E-state index is 0.0188. The van der Waals surface area contributed by atoms with Crippen molar-refractivity contribution in [2.45, 2.75) is 117 Å². The Bertz CT molecular complexity index is 2150. The zero-order valence-corrected chi connectivity index (χ0v) is 38.4. The third-order valence-electron chi connectivity index (χ3n) is 12.6. The van der Waals surface area contributed by atoms with Gasteiger partial charge in [-0.05, 0) is 128 Å². The van der Waals surface area contributed by atoms with E-state index in [1.54, 1.807) is 23.1 Å². The van der Waals surface area contributed by atoms with Crippen LogP contribution in [0.25, 0.3) is 0 Å². The normalized spacial score (nSPS) is 23.0. The summed E-state index contributed by atoms with van der Waals surface area (Å²) >= 11 is 0. The molecule has 1 aliphatic heterocycles. The summed E-state index contributed by atoms with van der Waals surface area (Å²) in [6.45, 7) is 17.1. The lowest BCUT2D eigenvalue weighted by atomic mass is 9.55. The van der Waals surface area contributed by atoms with Crippen molar-refractivity contribution in [2.24, 2.45) is 28.3 Å². The fourth-order valence-electron chi connectivity index (χ4n) is 9.50. The molecule has 1 heterocycles. The summed E-state index contributed by atoms with van der Waals surface area (Å²) in [4.78, 5) is 33.4. The molecule has 64 heavy (non-hydrogen) atoms. The molecule has 346 valence electrons. The number of aryl methyl sites for hydroxylation is 2. The van der Waals surface area contributed by atoms with Crippen LogP contribution in [0.15, 0.2) is 90.1 Å². The fourth-order valence-corrected chi connectivity index (χ4v) is 9.50. The Morgan fingerprint density at radius 1 is 1.00 bits per heavy atom. The highest BCUT2D eigenvalue weighted by Crippen LogP contribution is 2.62. The van der Waals surface area contributed by atoms with Crippen LogP contribution in [0.2, 0.25) is 0 Å². The Kier molecular flexibility index (Phi) is 16.3. The van der Waals surface area contributed by atoms with Gasteiger partial charge in [0, 0.05) is 49.8 Å². The monoisotopic (exact) mass is 881 g/mol. The molecule has 3 aromatic carbocycles. The highest BCUT2D eigenvalue weighted by atomic mass is 16.7. The number of nitro groups is 1. The molecule has 0 radical (unpaired) electrons. The van der Waals surface area contributed by atoms with E-state index in [1.807, 2.05) is 58.0 Å². The molecule has 0 bridgehead atoms. The summed E-state index contributed by atoms with van der Waals surface area (Å²) in [7, 11) is 0. The third-order valence-corrected chi connectivity index (χ3v) is 12.6. The summed E-state index contributed by atoms with van der Waals surface area (Å²) in [5, 5.41) is 36.2. The Labute approximate surface area is 378 Å². The van der Waals surface area contributed by atoms with Gasteiger partial charge in [0.2, 0.25) is 5.79 Å². The number of hydrogen-bond donors (Lipinski definition) is 2. The highest BCUT2D eigenvalue weighted by Gasteiger charge is 2.65. The number of unbranched alkanes of at least 4 members (excludes halogenated alkanes) is 2. The molecule has 13 heteroatoms. The summed E-state index contributed by atoms with van der Waals surface area (Å²) < 4.78 is 27.1. The number of non-ortho nitro benzene ring substituents is 1. The van der Waals surface area contributed by atoms with Gasteiger partial charge in [-0.2, -0.15) is 0 Å². The predicted octanol–water partition coefficient (Wildman–Crippen LogP) is 10.7. The van der Waals surface area contributed by atoms with Gasteiger partial charge >= 0.3 is 6.09 Å². The second-order valence-electron chi connectivity index (χ2n) is 18.6. The van der Waals surface area contributed by atoms with Crippen LogP contribution in [0.3, 0.4) is 0 Å². The molecule has 3 aromatic rings. The predicted molar refractivity (Wildman–Crippen MR) is 247 cm³/mol. The molecule has 1 saturated carbocycles. The molecule has 0 saturated heterocycles. The SMILES string of the molecule is C=CCO[C@@]12Oc3ccc(Oc4ccc(C)c(C)c4)cc3[C@H]3[C@H](CCCCO)[C@@H](CCCCO)C=C(C(=NOCc4ccc([N+](=O)[O-])cc4)C[C@@H]1N(CCC)C(=O)OCC(C)(C)C)[C@H]32. The quantitative estimate of drug-likeness (QED) is 0.0456. The summed E-state index contributed by atoms with van der Waals surface area (Å²) in [5.41, 5.74) is 5.17. The van der Waals surface area contributed by atoms with Crippen molar-refractivity contribution in [3.63, 3.8) is 0 Å². The number of oxime groups is 1. The topological polar surface area (TPSA) is 162 Å². The maximum absolute atomic E-state index is 14.5. The molecule has 1 fully saturated rings. The molecule has 0 aromatic heterocycles. The van der Waals surface area contributed by atoms with E-state index in [1.165, 1.54) is 17.7 Å². The summed E-state index contributed by atoms with van der Waals surface area (Å²) in [6.07, 6.45) is 8.80. The van der Waals surface area contributed by atoms with Crippen LogP contribution in [0.1, 0.15) is 107 Å². The molecular formula is C51H67N3O10. The first-order valence-electron chi connectivity index (χ1n) is 22.9. The van der Waals surface area contributed by atoms with Crippen molar-refractivity contribution in [1.29, 1.82) is 0 Å². The standard InChI is InChI=1S/C51H67N3O10/c1-8-24-53(49(57)60-33-50(5,6)7)46-31-44(52-62-32-36-17-19-38(20-18-36)54(58)59)42-29-37(14-10-12-25-55)41(15-11-13-26-56)47-43-30-40(63-39-21-16-34(3)35(4)28-39)22-23-45(43)64-51(46,48(42)47)61-27-9-2/h9,16-23,28-30,37,41,46-48,55-56H,2,8,10-15,24-27,31-33H2,1,3-7H3/t37-,41+,46-,47+,48+,51+/m0/s1. The number of amides is 1. The number of carbonyl (C=O) groups is 1.